The lowest BCUT2D eigenvalue weighted by molar-refractivity contribution is -0.119. The van der Waals surface area contributed by atoms with Crippen LogP contribution in [0.15, 0.2) is 53.6 Å². The number of amides is 2. The van der Waals surface area contributed by atoms with E-state index in [9.17, 15) is 9.59 Å². The van der Waals surface area contributed by atoms with Crippen LogP contribution in [0.5, 0.6) is 5.75 Å². The van der Waals surface area contributed by atoms with Gasteiger partial charge >= 0.3 is 0 Å². The van der Waals surface area contributed by atoms with Crippen molar-refractivity contribution in [1.29, 1.82) is 0 Å². The summed E-state index contributed by atoms with van der Waals surface area (Å²) in [5.41, 5.74) is 2.31. The van der Waals surface area contributed by atoms with Gasteiger partial charge in [0.05, 0.1) is 18.4 Å². The van der Waals surface area contributed by atoms with Crippen LogP contribution >= 0.6 is 11.6 Å². The first-order chi connectivity index (χ1) is 11.6. The molecule has 122 valence electrons. The fourth-order valence-corrected chi connectivity index (χ4v) is 2.97. The average Bonchev–Trinajstić information content (AvgIpc) is 2.84. The Kier molecular flexibility index (Phi) is 4.40. The Morgan fingerprint density at radius 2 is 1.67 bits per heavy atom. The Morgan fingerprint density at radius 1 is 1.00 bits per heavy atom. The zero-order valence-corrected chi connectivity index (χ0v) is 14.1. The molecule has 0 atom stereocenters. The molecule has 2 amide bonds. The lowest BCUT2D eigenvalue weighted by Crippen LogP contribution is -2.31. The first kappa shape index (κ1) is 16.3. The minimum atomic E-state index is -0.521. The summed E-state index contributed by atoms with van der Waals surface area (Å²) < 4.78 is 5.29. The number of aryl methyl sites for hydroxylation is 1. The highest BCUT2D eigenvalue weighted by Gasteiger charge is 2.40. The van der Waals surface area contributed by atoms with Crippen molar-refractivity contribution < 1.29 is 14.3 Å². The van der Waals surface area contributed by atoms with Crippen LogP contribution in [0.2, 0.25) is 0 Å². The van der Waals surface area contributed by atoms with E-state index in [0.29, 0.717) is 17.0 Å². The van der Waals surface area contributed by atoms with E-state index in [-0.39, 0.29) is 10.6 Å². The highest BCUT2D eigenvalue weighted by molar-refractivity contribution is 6.60. The number of para-hydroxylation sites is 1. The third-order valence-corrected chi connectivity index (χ3v) is 4.36. The number of carbonyl (C=O) groups excluding carboxylic acids is 2. The molecular formula is C19H16ClNO3. The van der Waals surface area contributed by atoms with E-state index in [2.05, 4.69) is 0 Å². The first-order valence-corrected chi connectivity index (χ1v) is 7.97. The second kappa shape index (κ2) is 6.49. The van der Waals surface area contributed by atoms with Gasteiger partial charge in [-0.25, -0.2) is 4.90 Å². The molecule has 0 aliphatic carbocycles. The van der Waals surface area contributed by atoms with E-state index in [1.807, 2.05) is 19.1 Å². The standard InChI is InChI=1S/C19H16ClNO3/c1-3-12-8-10-13(11-9-12)21-18(22)16(17(20)19(21)23)14-6-4-5-7-15(14)24-2/h4-11H,3H2,1-2H3. The number of nitrogens with zero attached hydrogens (tertiary/aromatic N) is 1. The minimum absolute atomic E-state index is 0.0935. The molecule has 4 nitrogen and oxygen atoms in total. The summed E-state index contributed by atoms with van der Waals surface area (Å²) in [7, 11) is 1.51. The van der Waals surface area contributed by atoms with Crippen LogP contribution in [0.4, 0.5) is 5.69 Å². The molecular weight excluding hydrogens is 326 g/mol. The van der Waals surface area contributed by atoms with E-state index < -0.39 is 11.8 Å². The lowest BCUT2D eigenvalue weighted by Gasteiger charge is -2.15. The second-order valence-electron chi connectivity index (χ2n) is 5.35. The molecule has 0 saturated carbocycles. The number of halogens is 1. The van der Waals surface area contributed by atoms with E-state index in [0.717, 1.165) is 16.9 Å². The maximum atomic E-state index is 12.9. The molecule has 1 aliphatic heterocycles. The number of anilines is 1. The molecule has 0 fully saturated rings. The predicted molar refractivity (Wildman–Crippen MR) is 94.1 cm³/mol. The van der Waals surface area contributed by atoms with Gasteiger partial charge in [-0.15, -0.1) is 0 Å². The topological polar surface area (TPSA) is 46.6 Å². The summed E-state index contributed by atoms with van der Waals surface area (Å²) in [5, 5.41) is -0.0935. The largest absolute Gasteiger partial charge is 0.496 e. The molecule has 0 N–H and O–H groups in total. The monoisotopic (exact) mass is 341 g/mol. The smallest absolute Gasteiger partial charge is 0.277 e. The van der Waals surface area contributed by atoms with Crippen molar-refractivity contribution in [1.82, 2.24) is 0 Å². The zero-order valence-electron chi connectivity index (χ0n) is 13.4. The third kappa shape index (κ3) is 2.59. The van der Waals surface area contributed by atoms with Gasteiger partial charge in [0, 0.05) is 5.56 Å². The number of hydrogen-bond acceptors (Lipinski definition) is 3. The molecule has 3 rings (SSSR count). The van der Waals surface area contributed by atoms with Gasteiger partial charge in [-0.05, 0) is 30.2 Å². The molecule has 0 unspecified atom stereocenters. The van der Waals surface area contributed by atoms with E-state index >= 15 is 0 Å². The van der Waals surface area contributed by atoms with Gasteiger partial charge in [-0.3, -0.25) is 9.59 Å². The molecule has 24 heavy (non-hydrogen) atoms. The van der Waals surface area contributed by atoms with Crippen LogP contribution < -0.4 is 9.64 Å². The summed E-state index contributed by atoms with van der Waals surface area (Å²) in [4.78, 5) is 26.5. The van der Waals surface area contributed by atoms with Gasteiger partial charge < -0.3 is 4.74 Å². The van der Waals surface area contributed by atoms with Crippen molar-refractivity contribution in [3.63, 3.8) is 0 Å². The van der Waals surface area contributed by atoms with Crippen molar-refractivity contribution >= 4 is 34.7 Å². The number of rotatable bonds is 4. The fraction of sp³-hybridized carbons (Fsp3) is 0.158. The van der Waals surface area contributed by atoms with Crippen molar-refractivity contribution in [2.75, 3.05) is 12.0 Å². The summed E-state index contributed by atoms with van der Waals surface area (Å²) in [6.07, 6.45) is 0.883. The maximum absolute atomic E-state index is 12.9. The van der Waals surface area contributed by atoms with Crippen LogP contribution in [-0.2, 0) is 16.0 Å². The van der Waals surface area contributed by atoms with Gasteiger partial charge in [0.1, 0.15) is 10.8 Å². The normalized spacial score (nSPS) is 14.5. The van der Waals surface area contributed by atoms with Gasteiger partial charge in [0.15, 0.2) is 0 Å². The van der Waals surface area contributed by atoms with E-state index in [1.54, 1.807) is 36.4 Å². The second-order valence-corrected chi connectivity index (χ2v) is 5.73. The molecule has 0 spiro atoms. The predicted octanol–water partition coefficient (Wildman–Crippen LogP) is 3.78. The Labute approximate surface area is 145 Å². The Hall–Kier alpha value is -2.59. The van der Waals surface area contributed by atoms with Gasteiger partial charge in [0.25, 0.3) is 11.8 Å². The summed E-state index contributed by atoms with van der Waals surface area (Å²) in [6.45, 7) is 2.04. The fourth-order valence-electron chi connectivity index (χ4n) is 2.70. The molecule has 1 aliphatic rings. The number of ether oxygens (including phenoxy) is 1. The molecule has 0 radical (unpaired) electrons. The Bertz CT molecular complexity index is 840. The number of benzene rings is 2. The van der Waals surface area contributed by atoms with E-state index in [4.69, 9.17) is 16.3 Å². The lowest BCUT2D eigenvalue weighted by atomic mass is 10.0. The van der Waals surface area contributed by atoms with E-state index in [1.165, 1.54) is 7.11 Å². The van der Waals surface area contributed by atoms with Gasteiger partial charge in [0.2, 0.25) is 0 Å². The van der Waals surface area contributed by atoms with Crippen molar-refractivity contribution in [3.05, 3.63) is 64.7 Å². The first-order valence-electron chi connectivity index (χ1n) is 7.59. The highest BCUT2D eigenvalue weighted by atomic mass is 35.5. The number of imide groups is 1. The van der Waals surface area contributed by atoms with Crippen molar-refractivity contribution in [2.24, 2.45) is 0 Å². The third-order valence-electron chi connectivity index (χ3n) is 4.01. The minimum Gasteiger partial charge on any atom is -0.496 e. The van der Waals surface area contributed by atoms with Crippen LogP contribution in [0.25, 0.3) is 5.57 Å². The zero-order chi connectivity index (χ0) is 17.3. The summed E-state index contributed by atoms with van der Waals surface area (Å²) >= 11 is 6.20. The highest BCUT2D eigenvalue weighted by Crippen LogP contribution is 2.38. The molecule has 0 aromatic heterocycles. The Balaban J connectivity index is 2.04. The van der Waals surface area contributed by atoms with Crippen LogP contribution in [-0.4, -0.2) is 18.9 Å². The van der Waals surface area contributed by atoms with Gasteiger partial charge in [-0.1, -0.05) is 48.9 Å². The van der Waals surface area contributed by atoms with Crippen molar-refractivity contribution in [2.45, 2.75) is 13.3 Å². The SMILES string of the molecule is CCc1ccc(N2C(=O)C(Cl)=C(c3ccccc3OC)C2=O)cc1. The molecule has 0 bridgehead atoms. The molecule has 5 heteroatoms. The molecule has 1 heterocycles. The van der Waals surface area contributed by atoms with Gasteiger partial charge in [-0.2, -0.15) is 0 Å². The summed E-state index contributed by atoms with van der Waals surface area (Å²) in [6, 6.07) is 14.3. The van der Waals surface area contributed by atoms with Crippen LogP contribution in [0.3, 0.4) is 0 Å². The van der Waals surface area contributed by atoms with Crippen molar-refractivity contribution in [3.8, 4) is 5.75 Å². The van der Waals surface area contributed by atoms with Crippen LogP contribution in [0.1, 0.15) is 18.1 Å². The quantitative estimate of drug-likeness (QED) is 0.795. The number of hydrogen-bond donors (Lipinski definition) is 0. The summed E-state index contributed by atoms with van der Waals surface area (Å²) in [5.74, 6) is -0.472. The number of methoxy groups -OCH3 is 1. The average molecular weight is 342 g/mol. The molecule has 2 aromatic carbocycles. The maximum Gasteiger partial charge on any atom is 0.277 e. The Morgan fingerprint density at radius 3 is 2.29 bits per heavy atom. The molecule has 2 aromatic rings. The number of carbonyl (C=O) groups is 2. The molecule has 0 saturated heterocycles. The van der Waals surface area contributed by atoms with Crippen LogP contribution in [0, 0.1) is 0 Å².